The highest BCUT2D eigenvalue weighted by atomic mass is 16.6. The number of rotatable bonds is 3. The van der Waals surface area contributed by atoms with Gasteiger partial charge in [-0.25, -0.2) is 4.68 Å². The smallest absolute Gasteiger partial charge is 0.258 e. The van der Waals surface area contributed by atoms with Gasteiger partial charge in [-0.3, -0.25) is 10.1 Å². The van der Waals surface area contributed by atoms with Gasteiger partial charge in [0.25, 0.3) is 5.69 Å². The van der Waals surface area contributed by atoms with Gasteiger partial charge < -0.3 is 0 Å². The zero-order valence-corrected chi connectivity index (χ0v) is 10.5. The Morgan fingerprint density at radius 3 is 2.33 bits per heavy atom. The second kappa shape index (κ2) is 4.56. The summed E-state index contributed by atoms with van der Waals surface area (Å²) in [6.45, 7) is 6.05. The molecule has 0 atom stereocenters. The van der Waals surface area contributed by atoms with Gasteiger partial charge >= 0.3 is 0 Å². The van der Waals surface area contributed by atoms with Crippen molar-refractivity contribution >= 4 is 5.69 Å². The Morgan fingerprint density at radius 2 is 1.89 bits per heavy atom. The third-order valence-electron chi connectivity index (χ3n) is 2.78. The molecule has 0 aliphatic carbocycles. The van der Waals surface area contributed by atoms with Crippen LogP contribution in [-0.4, -0.2) is 19.9 Å². The standard InChI is InChI=1S/C12H14N4O2/c1-8(2)12-9(3)15(14-13-12)10-4-6-11(7-5-10)16(17)18/h4-8H,1-3H3. The molecule has 0 saturated heterocycles. The summed E-state index contributed by atoms with van der Waals surface area (Å²) in [6.07, 6.45) is 0. The van der Waals surface area contributed by atoms with E-state index in [1.165, 1.54) is 12.1 Å². The Hall–Kier alpha value is -2.24. The zero-order chi connectivity index (χ0) is 13.3. The summed E-state index contributed by atoms with van der Waals surface area (Å²) in [4.78, 5) is 10.2. The van der Waals surface area contributed by atoms with E-state index >= 15 is 0 Å². The monoisotopic (exact) mass is 246 g/mol. The minimum Gasteiger partial charge on any atom is -0.258 e. The first-order chi connectivity index (χ1) is 8.50. The maximum atomic E-state index is 10.6. The highest BCUT2D eigenvalue weighted by molar-refractivity contribution is 5.41. The van der Waals surface area contributed by atoms with E-state index in [4.69, 9.17) is 0 Å². The summed E-state index contributed by atoms with van der Waals surface area (Å²) in [5, 5.41) is 18.8. The van der Waals surface area contributed by atoms with E-state index in [1.807, 2.05) is 6.92 Å². The molecule has 94 valence electrons. The van der Waals surface area contributed by atoms with Crippen LogP contribution in [0.4, 0.5) is 5.69 Å². The van der Waals surface area contributed by atoms with Gasteiger partial charge in [0.15, 0.2) is 0 Å². The Bertz CT molecular complexity index is 572. The molecule has 1 aromatic heterocycles. The molecule has 2 rings (SSSR count). The van der Waals surface area contributed by atoms with Crippen LogP contribution in [0, 0.1) is 17.0 Å². The Morgan fingerprint density at radius 1 is 1.28 bits per heavy atom. The van der Waals surface area contributed by atoms with Crippen LogP contribution in [0.1, 0.15) is 31.2 Å². The molecule has 2 aromatic rings. The van der Waals surface area contributed by atoms with Gasteiger partial charge in [0.2, 0.25) is 0 Å². The molecule has 0 N–H and O–H groups in total. The van der Waals surface area contributed by atoms with E-state index in [2.05, 4.69) is 24.2 Å². The first-order valence-corrected chi connectivity index (χ1v) is 5.67. The number of nitro benzene ring substituents is 1. The molecule has 6 nitrogen and oxygen atoms in total. The van der Waals surface area contributed by atoms with Crippen LogP contribution in [-0.2, 0) is 0 Å². The molecule has 0 saturated carbocycles. The van der Waals surface area contributed by atoms with Crippen molar-refractivity contribution in [1.82, 2.24) is 15.0 Å². The van der Waals surface area contributed by atoms with Crippen molar-refractivity contribution in [3.05, 3.63) is 45.8 Å². The molecule has 0 radical (unpaired) electrons. The third kappa shape index (κ3) is 2.09. The molecule has 0 spiro atoms. The van der Waals surface area contributed by atoms with Crippen molar-refractivity contribution in [2.75, 3.05) is 0 Å². The Balaban J connectivity index is 2.40. The number of benzene rings is 1. The maximum Gasteiger partial charge on any atom is 0.269 e. The fourth-order valence-corrected chi connectivity index (χ4v) is 1.83. The minimum atomic E-state index is -0.419. The van der Waals surface area contributed by atoms with Gasteiger partial charge in [0.1, 0.15) is 0 Å². The normalized spacial score (nSPS) is 10.9. The summed E-state index contributed by atoms with van der Waals surface area (Å²) in [5.74, 6) is 0.303. The van der Waals surface area contributed by atoms with Crippen molar-refractivity contribution in [3.8, 4) is 5.69 Å². The molecule has 0 aliphatic rings. The molecule has 18 heavy (non-hydrogen) atoms. The molecule has 0 unspecified atom stereocenters. The van der Waals surface area contributed by atoms with Crippen molar-refractivity contribution in [1.29, 1.82) is 0 Å². The van der Waals surface area contributed by atoms with Crippen LogP contribution >= 0.6 is 0 Å². The van der Waals surface area contributed by atoms with Gasteiger partial charge in [0.05, 0.1) is 22.0 Å². The average molecular weight is 246 g/mol. The minimum absolute atomic E-state index is 0.0700. The van der Waals surface area contributed by atoms with E-state index in [0.29, 0.717) is 5.92 Å². The third-order valence-corrected chi connectivity index (χ3v) is 2.78. The van der Waals surface area contributed by atoms with Gasteiger partial charge in [-0.1, -0.05) is 19.1 Å². The summed E-state index contributed by atoms with van der Waals surface area (Å²) < 4.78 is 1.69. The first-order valence-electron chi connectivity index (χ1n) is 5.67. The highest BCUT2D eigenvalue weighted by Gasteiger charge is 2.13. The highest BCUT2D eigenvalue weighted by Crippen LogP contribution is 2.20. The van der Waals surface area contributed by atoms with E-state index in [9.17, 15) is 10.1 Å². The topological polar surface area (TPSA) is 73.8 Å². The van der Waals surface area contributed by atoms with Gasteiger partial charge in [0, 0.05) is 12.1 Å². The quantitative estimate of drug-likeness (QED) is 0.616. The molecule has 1 aromatic carbocycles. The van der Waals surface area contributed by atoms with Crippen LogP contribution in [0.3, 0.4) is 0 Å². The van der Waals surface area contributed by atoms with Crippen LogP contribution < -0.4 is 0 Å². The van der Waals surface area contributed by atoms with Crippen LogP contribution in [0.2, 0.25) is 0 Å². The molecule has 0 bridgehead atoms. The second-order valence-corrected chi connectivity index (χ2v) is 4.40. The fraction of sp³-hybridized carbons (Fsp3) is 0.333. The van der Waals surface area contributed by atoms with Gasteiger partial charge in [-0.05, 0) is 25.0 Å². The lowest BCUT2D eigenvalue weighted by Gasteiger charge is -2.04. The van der Waals surface area contributed by atoms with Crippen molar-refractivity contribution in [2.24, 2.45) is 0 Å². The van der Waals surface area contributed by atoms with Crippen molar-refractivity contribution in [3.63, 3.8) is 0 Å². The average Bonchev–Trinajstić information content (AvgIpc) is 2.71. The second-order valence-electron chi connectivity index (χ2n) is 4.40. The van der Waals surface area contributed by atoms with Gasteiger partial charge in [-0.15, -0.1) is 5.10 Å². The zero-order valence-electron chi connectivity index (χ0n) is 10.5. The largest absolute Gasteiger partial charge is 0.269 e. The molecule has 0 aliphatic heterocycles. The van der Waals surface area contributed by atoms with Crippen LogP contribution in [0.25, 0.3) is 5.69 Å². The Labute approximate surface area is 104 Å². The van der Waals surface area contributed by atoms with E-state index in [1.54, 1.807) is 16.8 Å². The van der Waals surface area contributed by atoms with E-state index in [0.717, 1.165) is 17.1 Å². The summed E-state index contributed by atoms with van der Waals surface area (Å²) in [5.41, 5.74) is 2.74. The molecule has 1 heterocycles. The Kier molecular flexibility index (Phi) is 3.10. The van der Waals surface area contributed by atoms with Crippen molar-refractivity contribution in [2.45, 2.75) is 26.7 Å². The number of nitrogens with zero attached hydrogens (tertiary/aromatic N) is 4. The fourth-order valence-electron chi connectivity index (χ4n) is 1.83. The molecule has 0 amide bonds. The number of aromatic nitrogens is 3. The summed E-state index contributed by atoms with van der Waals surface area (Å²) in [6, 6.07) is 6.27. The molecular formula is C12H14N4O2. The van der Waals surface area contributed by atoms with E-state index < -0.39 is 4.92 Å². The molecule has 0 fully saturated rings. The predicted molar refractivity (Wildman–Crippen MR) is 66.8 cm³/mol. The van der Waals surface area contributed by atoms with Crippen LogP contribution in [0.5, 0.6) is 0 Å². The summed E-state index contributed by atoms with van der Waals surface area (Å²) >= 11 is 0. The lowest BCUT2D eigenvalue weighted by Crippen LogP contribution is -2.00. The lowest BCUT2D eigenvalue weighted by molar-refractivity contribution is -0.384. The lowest BCUT2D eigenvalue weighted by atomic mass is 10.1. The number of non-ortho nitro benzene ring substituents is 1. The number of hydrogen-bond acceptors (Lipinski definition) is 4. The maximum absolute atomic E-state index is 10.6. The van der Waals surface area contributed by atoms with Crippen LogP contribution in [0.15, 0.2) is 24.3 Å². The number of nitro groups is 1. The SMILES string of the molecule is Cc1c(C(C)C)nnn1-c1ccc([N+](=O)[O-])cc1. The van der Waals surface area contributed by atoms with Gasteiger partial charge in [-0.2, -0.15) is 0 Å². The number of hydrogen-bond donors (Lipinski definition) is 0. The molecule has 6 heteroatoms. The predicted octanol–water partition coefficient (Wildman–Crippen LogP) is 2.61. The summed E-state index contributed by atoms with van der Waals surface area (Å²) in [7, 11) is 0. The first kappa shape index (κ1) is 12.2. The van der Waals surface area contributed by atoms with Crippen molar-refractivity contribution < 1.29 is 4.92 Å². The molecular weight excluding hydrogens is 232 g/mol. The van der Waals surface area contributed by atoms with E-state index in [-0.39, 0.29) is 5.69 Å².